The molecule has 0 aromatic carbocycles. The number of nitrogens with zero attached hydrogens (tertiary/aromatic N) is 3. The summed E-state index contributed by atoms with van der Waals surface area (Å²) in [5.41, 5.74) is 0.487. The molecular weight excluding hydrogens is 236 g/mol. The molecule has 5 heteroatoms. The predicted octanol–water partition coefficient (Wildman–Crippen LogP) is 1.79. The second-order valence-corrected chi connectivity index (χ2v) is 4.42. The molecule has 2 heterocycles. The molecule has 0 aliphatic carbocycles. The lowest BCUT2D eigenvalue weighted by Crippen LogP contribution is -2.37. The minimum Gasteiger partial charge on any atom is -0.351 e. The number of halogens is 1. The summed E-state index contributed by atoms with van der Waals surface area (Å²) in [5.74, 6) is 0.724. The second-order valence-electron chi connectivity index (χ2n) is 4.04. The van der Waals surface area contributed by atoms with Gasteiger partial charge in [0.15, 0.2) is 0 Å². The monoisotopic (exact) mass is 250 g/mol. The van der Waals surface area contributed by atoms with E-state index in [0.717, 1.165) is 31.9 Å². The van der Waals surface area contributed by atoms with E-state index in [0.29, 0.717) is 16.6 Å². The zero-order chi connectivity index (χ0) is 12.3. The lowest BCUT2D eigenvalue weighted by atomic mass is 10.2. The van der Waals surface area contributed by atoms with Gasteiger partial charge in [0.05, 0.1) is 5.56 Å². The van der Waals surface area contributed by atoms with Crippen molar-refractivity contribution in [2.45, 2.75) is 19.4 Å². The van der Waals surface area contributed by atoms with Crippen LogP contribution in [0.3, 0.4) is 0 Å². The van der Waals surface area contributed by atoms with Crippen LogP contribution >= 0.6 is 11.6 Å². The van der Waals surface area contributed by atoms with Crippen molar-refractivity contribution in [3.05, 3.63) is 22.8 Å². The average Bonchev–Trinajstić information content (AvgIpc) is 2.86. The number of rotatable bonds is 3. The second kappa shape index (κ2) is 5.35. The van der Waals surface area contributed by atoms with E-state index < -0.39 is 0 Å². The van der Waals surface area contributed by atoms with Crippen LogP contribution in [-0.2, 0) is 0 Å². The Morgan fingerprint density at radius 1 is 1.71 bits per heavy atom. The summed E-state index contributed by atoms with van der Waals surface area (Å²) in [6.45, 7) is 4.89. The highest BCUT2D eigenvalue weighted by Crippen LogP contribution is 2.28. The summed E-state index contributed by atoms with van der Waals surface area (Å²) >= 11 is 6.21. The number of hydrogen-bond donors (Lipinski definition) is 1. The number of aromatic nitrogens is 1. The fourth-order valence-electron chi connectivity index (χ4n) is 2.21. The van der Waals surface area contributed by atoms with E-state index in [4.69, 9.17) is 16.9 Å². The van der Waals surface area contributed by atoms with Crippen LogP contribution in [0.2, 0.25) is 5.02 Å². The van der Waals surface area contributed by atoms with Crippen molar-refractivity contribution in [1.29, 1.82) is 5.26 Å². The average molecular weight is 251 g/mol. The van der Waals surface area contributed by atoms with E-state index in [9.17, 15) is 0 Å². The molecule has 0 radical (unpaired) electrons. The maximum Gasteiger partial charge on any atom is 0.148 e. The van der Waals surface area contributed by atoms with Gasteiger partial charge in [0.2, 0.25) is 0 Å². The molecule has 0 amide bonds. The molecule has 1 aliphatic heterocycles. The maximum atomic E-state index is 8.97. The number of nitrogens with one attached hydrogen (secondary N) is 1. The number of pyridine rings is 1. The molecule has 4 nitrogen and oxygen atoms in total. The summed E-state index contributed by atoms with van der Waals surface area (Å²) < 4.78 is 0. The lowest BCUT2D eigenvalue weighted by molar-refractivity contribution is 0.640. The zero-order valence-electron chi connectivity index (χ0n) is 9.78. The van der Waals surface area contributed by atoms with Crippen LogP contribution in [0.4, 0.5) is 5.82 Å². The molecule has 1 unspecified atom stereocenters. The third kappa shape index (κ3) is 2.36. The molecule has 2 rings (SSSR count). The van der Waals surface area contributed by atoms with Gasteiger partial charge in [-0.25, -0.2) is 4.98 Å². The van der Waals surface area contributed by atoms with Crippen LogP contribution in [-0.4, -0.2) is 30.7 Å². The van der Waals surface area contributed by atoms with Crippen molar-refractivity contribution in [2.75, 3.05) is 24.5 Å². The SMILES string of the molecule is CCN(c1nccc(C#N)c1Cl)C1CCNC1. The third-order valence-corrected chi connectivity index (χ3v) is 3.45. The molecule has 1 saturated heterocycles. The molecule has 0 saturated carbocycles. The van der Waals surface area contributed by atoms with Crippen LogP contribution < -0.4 is 10.2 Å². The van der Waals surface area contributed by atoms with Crippen molar-refractivity contribution in [3.8, 4) is 6.07 Å². The molecule has 1 fully saturated rings. The fourth-order valence-corrected chi connectivity index (χ4v) is 2.47. The largest absolute Gasteiger partial charge is 0.351 e. The third-order valence-electron chi connectivity index (χ3n) is 3.08. The smallest absolute Gasteiger partial charge is 0.148 e. The van der Waals surface area contributed by atoms with Gasteiger partial charge in [-0.05, 0) is 26.0 Å². The zero-order valence-corrected chi connectivity index (χ0v) is 10.5. The van der Waals surface area contributed by atoms with Gasteiger partial charge in [0.25, 0.3) is 0 Å². The molecule has 90 valence electrons. The topological polar surface area (TPSA) is 52.0 Å². The highest BCUT2D eigenvalue weighted by atomic mass is 35.5. The minimum absolute atomic E-state index is 0.416. The summed E-state index contributed by atoms with van der Waals surface area (Å²) in [4.78, 5) is 6.49. The van der Waals surface area contributed by atoms with Crippen LogP contribution in [0.25, 0.3) is 0 Å². The Labute approximate surface area is 106 Å². The molecule has 1 aromatic heterocycles. The molecule has 1 aliphatic rings. The number of likely N-dealkylation sites (N-methyl/N-ethyl adjacent to an activating group) is 1. The van der Waals surface area contributed by atoms with Gasteiger partial charge in [-0.15, -0.1) is 0 Å². The van der Waals surface area contributed by atoms with E-state index in [1.807, 2.05) is 0 Å². The quantitative estimate of drug-likeness (QED) is 0.889. The van der Waals surface area contributed by atoms with Gasteiger partial charge >= 0.3 is 0 Å². The molecule has 1 atom stereocenters. The van der Waals surface area contributed by atoms with Crippen LogP contribution in [0.1, 0.15) is 18.9 Å². The number of anilines is 1. The van der Waals surface area contributed by atoms with Crippen LogP contribution in [0.15, 0.2) is 12.3 Å². The van der Waals surface area contributed by atoms with Gasteiger partial charge in [-0.2, -0.15) is 5.26 Å². The van der Waals surface area contributed by atoms with Crippen molar-refractivity contribution >= 4 is 17.4 Å². The Morgan fingerprint density at radius 2 is 2.53 bits per heavy atom. The lowest BCUT2D eigenvalue weighted by Gasteiger charge is -2.29. The van der Waals surface area contributed by atoms with Crippen molar-refractivity contribution < 1.29 is 0 Å². The first-order valence-electron chi connectivity index (χ1n) is 5.80. The Balaban J connectivity index is 2.33. The van der Waals surface area contributed by atoms with E-state index in [1.165, 1.54) is 0 Å². The molecule has 1 aromatic rings. The van der Waals surface area contributed by atoms with Crippen molar-refractivity contribution in [2.24, 2.45) is 0 Å². The first-order chi connectivity index (χ1) is 8.27. The molecule has 0 bridgehead atoms. The maximum absolute atomic E-state index is 8.97. The molecule has 1 N–H and O–H groups in total. The standard InChI is InChI=1S/C12H15ClN4/c1-2-17(10-4-5-15-8-10)12-11(13)9(7-14)3-6-16-12/h3,6,10,15H,2,4-5,8H2,1H3. The van der Waals surface area contributed by atoms with Gasteiger partial charge in [0, 0.05) is 25.3 Å². The first kappa shape index (κ1) is 12.2. The Bertz CT molecular complexity index is 435. The van der Waals surface area contributed by atoms with Gasteiger partial charge in [0.1, 0.15) is 16.9 Å². The minimum atomic E-state index is 0.416. The van der Waals surface area contributed by atoms with E-state index in [1.54, 1.807) is 12.3 Å². The Kier molecular flexibility index (Phi) is 3.82. The summed E-state index contributed by atoms with van der Waals surface area (Å²) in [6, 6.07) is 4.15. The summed E-state index contributed by atoms with van der Waals surface area (Å²) in [7, 11) is 0. The normalized spacial score (nSPS) is 19.0. The molecule has 17 heavy (non-hydrogen) atoms. The molecule has 0 spiro atoms. The summed E-state index contributed by atoms with van der Waals surface area (Å²) in [5, 5.41) is 12.8. The van der Waals surface area contributed by atoms with Crippen LogP contribution in [0, 0.1) is 11.3 Å². The van der Waals surface area contributed by atoms with E-state index >= 15 is 0 Å². The number of nitriles is 1. The van der Waals surface area contributed by atoms with E-state index in [-0.39, 0.29) is 0 Å². The summed E-state index contributed by atoms with van der Waals surface area (Å²) in [6.07, 6.45) is 2.73. The highest BCUT2D eigenvalue weighted by Gasteiger charge is 2.24. The Hall–Kier alpha value is -1.31. The molecular formula is C12H15ClN4. The van der Waals surface area contributed by atoms with E-state index in [2.05, 4.69) is 28.2 Å². The van der Waals surface area contributed by atoms with Gasteiger partial charge in [-0.1, -0.05) is 11.6 Å². The van der Waals surface area contributed by atoms with Gasteiger partial charge < -0.3 is 10.2 Å². The predicted molar refractivity (Wildman–Crippen MR) is 68.3 cm³/mol. The fraction of sp³-hybridized carbons (Fsp3) is 0.500. The Morgan fingerprint density at radius 3 is 3.12 bits per heavy atom. The van der Waals surface area contributed by atoms with Crippen LogP contribution in [0.5, 0.6) is 0 Å². The van der Waals surface area contributed by atoms with Crippen molar-refractivity contribution in [1.82, 2.24) is 10.3 Å². The number of hydrogen-bond acceptors (Lipinski definition) is 4. The van der Waals surface area contributed by atoms with Crippen molar-refractivity contribution in [3.63, 3.8) is 0 Å². The first-order valence-corrected chi connectivity index (χ1v) is 6.17. The highest BCUT2D eigenvalue weighted by molar-refractivity contribution is 6.34. The van der Waals surface area contributed by atoms with Gasteiger partial charge in [-0.3, -0.25) is 0 Å².